The van der Waals surface area contributed by atoms with E-state index in [0.717, 1.165) is 17.1 Å². The Morgan fingerprint density at radius 2 is 1.87 bits per heavy atom. The van der Waals surface area contributed by atoms with Gasteiger partial charge >= 0.3 is 0 Å². The Bertz CT molecular complexity index is 494. The molecule has 76 valence electrons. The monoisotopic (exact) mass is 220 g/mol. The number of fused-ring (bicyclic) bond motifs is 1. The van der Waals surface area contributed by atoms with Crippen LogP contribution in [-0.4, -0.2) is 12.9 Å². The molecule has 0 unspecified atom stereocenters. The van der Waals surface area contributed by atoms with Crippen molar-refractivity contribution >= 4 is 28.7 Å². The van der Waals surface area contributed by atoms with Crippen molar-refractivity contribution in [3.8, 4) is 5.75 Å². The molecule has 0 heterocycles. The third-order valence-corrected chi connectivity index (χ3v) is 2.47. The zero-order chi connectivity index (χ0) is 10.7. The van der Waals surface area contributed by atoms with E-state index in [1.54, 1.807) is 12.1 Å². The van der Waals surface area contributed by atoms with Crippen molar-refractivity contribution in [2.24, 2.45) is 0 Å². The first kappa shape index (κ1) is 9.99. The molecular weight excluding hydrogens is 212 g/mol. The van der Waals surface area contributed by atoms with Crippen molar-refractivity contribution in [2.45, 2.75) is 0 Å². The fourth-order valence-corrected chi connectivity index (χ4v) is 1.71. The SMILES string of the molecule is O=CCOc1ccc(Cl)c2ccccc12. The minimum Gasteiger partial charge on any atom is -0.485 e. The Kier molecular flexibility index (Phi) is 2.88. The van der Waals surface area contributed by atoms with Gasteiger partial charge in [0.2, 0.25) is 0 Å². The van der Waals surface area contributed by atoms with Crippen molar-refractivity contribution in [1.29, 1.82) is 0 Å². The lowest BCUT2D eigenvalue weighted by atomic mass is 10.1. The van der Waals surface area contributed by atoms with Crippen LogP contribution in [0.15, 0.2) is 36.4 Å². The predicted molar refractivity (Wildman–Crippen MR) is 60.5 cm³/mol. The third kappa shape index (κ3) is 1.95. The highest BCUT2D eigenvalue weighted by Crippen LogP contribution is 2.30. The number of hydrogen-bond acceptors (Lipinski definition) is 2. The Morgan fingerprint density at radius 3 is 2.60 bits per heavy atom. The van der Waals surface area contributed by atoms with E-state index in [0.29, 0.717) is 10.8 Å². The molecule has 3 heteroatoms. The van der Waals surface area contributed by atoms with Gasteiger partial charge < -0.3 is 4.74 Å². The molecule has 2 rings (SSSR count). The number of benzene rings is 2. The fraction of sp³-hybridized carbons (Fsp3) is 0.0833. The quantitative estimate of drug-likeness (QED) is 0.744. The standard InChI is InChI=1S/C12H9ClO2/c13-11-5-6-12(15-8-7-14)10-4-2-1-3-9(10)11/h1-7H,8H2. The Balaban J connectivity index is 2.56. The lowest BCUT2D eigenvalue weighted by molar-refractivity contribution is -0.109. The van der Waals surface area contributed by atoms with Gasteiger partial charge in [0, 0.05) is 15.8 Å². The molecule has 0 radical (unpaired) electrons. The summed E-state index contributed by atoms with van der Waals surface area (Å²) in [5.41, 5.74) is 0. The van der Waals surface area contributed by atoms with Gasteiger partial charge in [0.05, 0.1) is 0 Å². The van der Waals surface area contributed by atoms with Gasteiger partial charge in [0.15, 0.2) is 6.29 Å². The van der Waals surface area contributed by atoms with Gasteiger partial charge in [-0.1, -0.05) is 35.9 Å². The zero-order valence-electron chi connectivity index (χ0n) is 7.94. The molecule has 0 spiro atoms. The summed E-state index contributed by atoms with van der Waals surface area (Å²) in [6.45, 7) is 0.0611. The van der Waals surface area contributed by atoms with Gasteiger partial charge in [0.25, 0.3) is 0 Å². The molecule has 15 heavy (non-hydrogen) atoms. The summed E-state index contributed by atoms with van der Waals surface area (Å²) in [5.74, 6) is 0.683. The maximum Gasteiger partial charge on any atom is 0.157 e. The molecule has 0 saturated heterocycles. The first-order valence-corrected chi connectivity index (χ1v) is 4.94. The summed E-state index contributed by atoms with van der Waals surface area (Å²) in [6, 6.07) is 11.2. The van der Waals surface area contributed by atoms with Crippen LogP contribution in [0, 0.1) is 0 Å². The maximum atomic E-state index is 10.2. The second kappa shape index (κ2) is 4.32. The topological polar surface area (TPSA) is 26.3 Å². The molecule has 0 atom stereocenters. The summed E-state index contributed by atoms with van der Waals surface area (Å²) in [4.78, 5) is 10.2. The maximum absolute atomic E-state index is 10.2. The number of halogens is 1. The normalized spacial score (nSPS) is 10.2. The van der Waals surface area contributed by atoms with Gasteiger partial charge in [0.1, 0.15) is 12.4 Å². The summed E-state index contributed by atoms with van der Waals surface area (Å²) in [5, 5.41) is 2.54. The van der Waals surface area contributed by atoms with Gasteiger partial charge in [-0.25, -0.2) is 0 Å². The van der Waals surface area contributed by atoms with Crippen molar-refractivity contribution < 1.29 is 9.53 Å². The smallest absolute Gasteiger partial charge is 0.157 e. The summed E-state index contributed by atoms with van der Waals surface area (Å²) >= 11 is 6.04. The first-order valence-electron chi connectivity index (χ1n) is 4.56. The zero-order valence-corrected chi connectivity index (χ0v) is 8.70. The van der Waals surface area contributed by atoms with Crippen molar-refractivity contribution in [3.05, 3.63) is 41.4 Å². The minimum absolute atomic E-state index is 0.0611. The number of carbonyl (C=O) groups is 1. The van der Waals surface area contributed by atoms with E-state index < -0.39 is 0 Å². The second-order valence-electron chi connectivity index (χ2n) is 3.07. The molecule has 0 saturated carbocycles. The van der Waals surface area contributed by atoms with E-state index in [9.17, 15) is 4.79 Å². The van der Waals surface area contributed by atoms with Crippen LogP contribution in [0.3, 0.4) is 0 Å². The molecule has 2 aromatic carbocycles. The number of carbonyl (C=O) groups excluding carboxylic acids is 1. The summed E-state index contributed by atoms with van der Waals surface area (Å²) < 4.78 is 5.30. The molecule has 0 fully saturated rings. The van der Waals surface area contributed by atoms with E-state index in [4.69, 9.17) is 16.3 Å². The summed E-state index contributed by atoms with van der Waals surface area (Å²) in [7, 11) is 0. The molecular formula is C12H9ClO2. The number of ether oxygens (including phenoxy) is 1. The molecule has 0 aliphatic heterocycles. The Morgan fingerprint density at radius 1 is 1.13 bits per heavy atom. The average Bonchev–Trinajstić information content (AvgIpc) is 2.29. The molecule has 0 aliphatic carbocycles. The highest BCUT2D eigenvalue weighted by molar-refractivity contribution is 6.35. The molecule has 0 amide bonds. The van der Waals surface area contributed by atoms with E-state index in [1.807, 2.05) is 24.3 Å². The Labute approximate surface area is 92.4 Å². The van der Waals surface area contributed by atoms with Gasteiger partial charge in [-0.05, 0) is 12.1 Å². The molecule has 0 aliphatic rings. The van der Waals surface area contributed by atoms with Gasteiger partial charge in [-0.3, -0.25) is 4.79 Å². The molecule has 0 bridgehead atoms. The van der Waals surface area contributed by atoms with E-state index in [2.05, 4.69) is 0 Å². The molecule has 2 nitrogen and oxygen atoms in total. The van der Waals surface area contributed by atoms with Crippen LogP contribution >= 0.6 is 11.6 Å². The first-order chi connectivity index (χ1) is 7.33. The van der Waals surface area contributed by atoms with Crippen LogP contribution in [-0.2, 0) is 4.79 Å². The molecule has 2 aromatic rings. The van der Waals surface area contributed by atoms with E-state index >= 15 is 0 Å². The van der Waals surface area contributed by atoms with Crippen LogP contribution in [0.1, 0.15) is 0 Å². The van der Waals surface area contributed by atoms with Crippen molar-refractivity contribution in [1.82, 2.24) is 0 Å². The highest BCUT2D eigenvalue weighted by Gasteiger charge is 2.04. The van der Waals surface area contributed by atoms with Crippen LogP contribution in [0.4, 0.5) is 0 Å². The van der Waals surface area contributed by atoms with Crippen LogP contribution in [0.25, 0.3) is 10.8 Å². The highest BCUT2D eigenvalue weighted by atomic mass is 35.5. The van der Waals surface area contributed by atoms with E-state index in [-0.39, 0.29) is 6.61 Å². The number of aldehydes is 1. The molecule has 0 N–H and O–H groups in total. The fourth-order valence-electron chi connectivity index (χ4n) is 1.48. The third-order valence-electron chi connectivity index (χ3n) is 2.14. The lowest BCUT2D eigenvalue weighted by Gasteiger charge is -2.07. The van der Waals surface area contributed by atoms with Crippen LogP contribution in [0.2, 0.25) is 5.02 Å². The van der Waals surface area contributed by atoms with Crippen LogP contribution in [0.5, 0.6) is 5.75 Å². The van der Waals surface area contributed by atoms with Gasteiger partial charge in [-0.15, -0.1) is 0 Å². The largest absolute Gasteiger partial charge is 0.485 e. The predicted octanol–water partition coefficient (Wildman–Crippen LogP) is 3.07. The summed E-state index contributed by atoms with van der Waals surface area (Å²) in [6.07, 6.45) is 0.726. The van der Waals surface area contributed by atoms with E-state index in [1.165, 1.54) is 0 Å². The minimum atomic E-state index is 0.0611. The molecule has 0 aromatic heterocycles. The van der Waals surface area contributed by atoms with Crippen molar-refractivity contribution in [3.63, 3.8) is 0 Å². The number of rotatable bonds is 3. The Hall–Kier alpha value is -1.54. The van der Waals surface area contributed by atoms with Gasteiger partial charge in [-0.2, -0.15) is 0 Å². The number of hydrogen-bond donors (Lipinski definition) is 0. The van der Waals surface area contributed by atoms with Crippen LogP contribution < -0.4 is 4.74 Å². The second-order valence-corrected chi connectivity index (χ2v) is 3.48. The average molecular weight is 221 g/mol. The lowest BCUT2D eigenvalue weighted by Crippen LogP contribution is -1.98. The van der Waals surface area contributed by atoms with Crippen molar-refractivity contribution in [2.75, 3.05) is 6.61 Å².